The molecule has 1 fully saturated rings. The van der Waals surface area contributed by atoms with Gasteiger partial charge in [0, 0.05) is 13.1 Å². The molecule has 0 bridgehead atoms. The molecule has 0 radical (unpaired) electrons. The van der Waals surface area contributed by atoms with E-state index in [-0.39, 0.29) is 17.2 Å². The highest BCUT2D eigenvalue weighted by molar-refractivity contribution is 8.00. The molecule has 1 saturated heterocycles. The summed E-state index contributed by atoms with van der Waals surface area (Å²) in [7, 11) is 0. The molecule has 4 rings (SSSR count). The largest absolute Gasteiger partial charge is 0.342 e. The lowest BCUT2D eigenvalue weighted by atomic mass is 10.0. The molecule has 2 unspecified atom stereocenters. The van der Waals surface area contributed by atoms with Crippen LogP contribution in [0.15, 0.2) is 35.5 Å². The fraction of sp³-hybridized carbons (Fsp3) is 0.471. The van der Waals surface area contributed by atoms with Crippen LogP contribution in [0.3, 0.4) is 0 Å². The molecule has 24 heavy (non-hydrogen) atoms. The van der Waals surface area contributed by atoms with Gasteiger partial charge < -0.3 is 10.3 Å². The standard InChI is InChI=1S/C17H21N5OS/c1-12-18-19-17-22(12)20-14(13-8-4-2-5-9-13)15(24-17)16(23)21-10-6-3-7-11-21/h2,4-5,8-9,14-15,20H,3,6-7,10-11H2,1H3. The first-order chi connectivity index (χ1) is 11.7. The van der Waals surface area contributed by atoms with Crippen LogP contribution in [0, 0.1) is 6.92 Å². The minimum Gasteiger partial charge on any atom is -0.342 e. The van der Waals surface area contributed by atoms with Crippen LogP contribution in [0.4, 0.5) is 0 Å². The summed E-state index contributed by atoms with van der Waals surface area (Å²) in [4.78, 5) is 15.2. The molecule has 2 aliphatic rings. The second-order valence-corrected chi connectivity index (χ2v) is 7.42. The predicted octanol–water partition coefficient (Wildman–Crippen LogP) is 2.36. The third-order valence-corrected chi connectivity index (χ3v) is 5.87. The number of nitrogens with one attached hydrogen (secondary N) is 1. The Bertz CT molecular complexity index is 726. The van der Waals surface area contributed by atoms with Gasteiger partial charge >= 0.3 is 0 Å². The van der Waals surface area contributed by atoms with Gasteiger partial charge in [0.05, 0.1) is 6.04 Å². The van der Waals surface area contributed by atoms with Crippen molar-refractivity contribution in [3.05, 3.63) is 41.7 Å². The predicted molar refractivity (Wildman–Crippen MR) is 93.4 cm³/mol. The first-order valence-corrected chi connectivity index (χ1v) is 9.31. The zero-order chi connectivity index (χ0) is 16.5. The monoisotopic (exact) mass is 343 g/mol. The van der Waals surface area contributed by atoms with E-state index in [1.165, 1.54) is 18.2 Å². The molecule has 1 amide bonds. The fourth-order valence-corrected chi connectivity index (χ4v) is 4.56. The van der Waals surface area contributed by atoms with Gasteiger partial charge in [-0.25, -0.2) is 4.68 Å². The number of rotatable bonds is 2. The third-order valence-electron chi connectivity index (χ3n) is 4.67. The smallest absolute Gasteiger partial charge is 0.238 e. The Hall–Kier alpha value is -2.02. The summed E-state index contributed by atoms with van der Waals surface area (Å²) in [5.74, 6) is 1.01. The summed E-state index contributed by atoms with van der Waals surface area (Å²) < 4.78 is 1.89. The first-order valence-electron chi connectivity index (χ1n) is 8.43. The number of hydrogen-bond donors (Lipinski definition) is 1. The van der Waals surface area contributed by atoms with E-state index in [1.54, 1.807) is 0 Å². The number of carbonyl (C=O) groups excluding carboxylic acids is 1. The summed E-state index contributed by atoms with van der Waals surface area (Å²) in [5, 5.41) is 8.88. The molecular weight excluding hydrogens is 322 g/mol. The molecule has 0 spiro atoms. The number of amides is 1. The van der Waals surface area contributed by atoms with E-state index in [0.717, 1.165) is 42.5 Å². The van der Waals surface area contributed by atoms with Gasteiger partial charge in [-0.3, -0.25) is 4.79 Å². The van der Waals surface area contributed by atoms with Gasteiger partial charge in [-0.2, -0.15) is 0 Å². The second-order valence-electron chi connectivity index (χ2n) is 6.31. The van der Waals surface area contributed by atoms with E-state index in [9.17, 15) is 4.79 Å². The molecule has 0 saturated carbocycles. The van der Waals surface area contributed by atoms with Crippen molar-refractivity contribution in [2.45, 2.75) is 42.6 Å². The highest BCUT2D eigenvalue weighted by Gasteiger charge is 2.39. The number of benzene rings is 1. The van der Waals surface area contributed by atoms with E-state index >= 15 is 0 Å². The van der Waals surface area contributed by atoms with E-state index in [4.69, 9.17) is 0 Å². The zero-order valence-electron chi connectivity index (χ0n) is 13.7. The Morgan fingerprint density at radius 1 is 1.17 bits per heavy atom. The van der Waals surface area contributed by atoms with Crippen molar-refractivity contribution in [3.63, 3.8) is 0 Å². The van der Waals surface area contributed by atoms with Crippen LogP contribution in [0.2, 0.25) is 0 Å². The normalized spacial score (nSPS) is 23.5. The molecule has 2 aliphatic heterocycles. The molecule has 0 aliphatic carbocycles. The SMILES string of the molecule is Cc1nnc2n1NC(c1ccccc1)C(C(=O)N1CCCCC1)S2. The summed E-state index contributed by atoms with van der Waals surface area (Å²) in [6.07, 6.45) is 3.42. The van der Waals surface area contributed by atoms with Crippen molar-refractivity contribution in [3.8, 4) is 0 Å². The Kier molecular flexibility index (Phi) is 4.18. The number of fused-ring (bicyclic) bond motifs is 1. The van der Waals surface area contributed by atoms with Crippen LogP contribution < -0.4 is 5.43 Å². The van der Waals surface area contributed by atoms with Crippen molar-refractivity contribution >= 4 is 17.7 Å². The fourth-order valence-electron chi connectivity index (χ4n) is 3.35. The van der Waals surface area contributed by atoms with Gasteiger partial charge in [0.2, 0.25) is 11.1 Å². The van der Waals surface area contributed by atoms with Gasteiger partial charge in [-0.15, -0.1) is 10.2 Å². The molecule has 1 aromatic carbocycles. The summed E-state index contributed by atoms with van der Waals surface area (Å²) in [5.41, 5.74) is 4.57. The maximum atomic E-state index is 13.2. The first kappa shape index (κ1) is 15.5. The molecular formula is C17H21N5OS. The number of aromatic nitrogens is 3. The average molecular weight is 343 g/mol. The van der Waals surface area contributed by atoms with Crippen LogP contribution in [0.25, 0.3) is 0 Å². The number of hydrogen-bond acceptors (Lipinski definition) is 5. The number of piperidine rings is 1. The van der Waals surface area contributed by atoms with Crippen LogP contribution in [0.5, 0.6) is 0 Å². The summed E-state index contributed by atoms with van der Waals surface area (Å²) in [6.45, 7) is 3.64. The van der Waals surface area contributed by atoms with Gasteiger partial charge in [-0.05, 0) is 31.7 Å². The van der Waals surface area contributed by atoms with Crippen LogP contribution >= 0.6 is 11.8 Å². The number of nitrogens with zero attached hydrogens (tertiary/aromatic N) is 4. The highest BCUT2D eigenvalue weighted by Crippen LogP contribution is 2.38. The van der Waals surface area contributed by atoms with Crippen LogP contribution in [-0.4, -0.2) is 44.0 Å². The summed E-state index contributed by atoms with van der Waals surface area (Å²) >= 11 is 1.52. The maximum absolute atomic E-state index is 13.2. The zero-order valence-corrected chi connectivity index (χ0v) is 14.5. The van der Waals surface area contributed by atoms with E-state index in [1.807, 2.05) is 34.7 Å². The number of aryl methyl sites for hydroxylation is 1. The molecule has 126 valence electrons. The Morgan fingerprint density at radius 3 is 2.67 bits per heavy atom. The minimum absolute atomic E-state index is 0.0900. The van der Waals surface area contributed by atoms with E-state index in [2.05, 4.69) is 27.8 Å². The second kappa shape index (κ2) is 6.47. The van der Waals surface area contributed by atoms with Crippen LogP contribution in [0.1, 0.15) is 36.7 Å². The molecule has 2 atom stereocenters. The topological polar surface area (TPSA) is 63.1 Å². The van der Waals surface area contributed by atoms with Crippen molar-refractivity contribution in [1.29, 1.82) is 0 Å². The lowest BCUT2D eigenvalue weighted by molar-refractivity contribution is -0.131. The Labute approximate surface area is 145 Å². The molecule has 1 N–H and O–H groups in total. The Balaban J connectivity index is 1.67. The van der Waals surface area contributed by atoms with Crippen molar-refractivity contribution in [1.82, 2.24) is 19.8 Å². The number of likely N-dealkylation sites (tertiary alicyclic amines) is 1. The maximum Gasteiger partial charge on any atom is 0.238 e. The lowest BCUT2D eigenvalue weighted by Gasteiger charge is -2.37. The Morgan fingerprint density at radius 2 is 1.92 bits per heavy atom. The van der Waals surface area contributed by atoms with Crippen molar-refractivity contribution in [2.75, 3.05) is 18.5 Å². The molecule has 7 heteroatoms. The lowest BCUT2D eigenvalue weighted by Crippen LogP contribution is -2.47. The molecule has 6 nitrogen and oxygen atoms in total. The molecule has 2 aromatic rings. The quantitative estimate of drug-likeness (QED) is 0.907. The van der Waals surface area contributed by atoms with E-state index in [0.29, 0.717) is 0 Å². The highest BCUT2D eigenvalue weighted by atomic mass is 32.2. The number of thioether (sulfide) groups is 1. The van der Waals surface area contributed by atoms with E-state index < -0.39 is 0 Å². The molecule has 1 aromatic heterocycles. The van der Waals surface area contributed by atoms with Gasteiger partial charge in [0.15, 0.2) is 0 Å². The number of carbonyl (C=O) groups is 1. The minimum atomic E-state index is -0.221. The summed E-state index contributed by atoms with van der Waals surface area (Å²) in [6, 6.07) is 10.1. The van der Waals surface area contributed by atoms with Gasteiger partial charge in [0.25, 0.3) is 0 Å². The van der Waals surface area contributed by atoms with Gasteiger partial charge in [-0.1, -0.05) is 42.1 Å². The average Bonchev–Trinajstić information content (AvgIpc) is 3.02. The van der Waals surface area contributed by atoms with Gasteiger partial charge in [0.1, 0.15) is 11.1 Å². The van der Waals surface area contributed by atoms with Crippen LogP contribution in [-0.2, 0) is 4.79 Å². The third kappa shape index (κ3) is 2.77. The van der Waals surface area contributed by atoms with Crippen molar-refractivity contribution in [2.24, 2.45) is 0 Å². The van der Waals surface area contributed by atoms with Crippen molar-refractivity contribution < 1.29 is 4.79 Å². The molecule has 3 heterocycles.